The van der Waals surface area contributed by atoms with Crippen LogP contribution in [0.4, 0.5) is 4.79 Å². The summed E-state index contributed by atoms with van der Waals surface area (Å²) < 4.78 is 5.57. The zero-order valence-corrected chi connectivity index (χ0v) is 19.5. The maximum absolute atomic E-state index is 12.5. The Morgan fingerprint density at radius 3 is 2.18 bits per heavy atom. The van der Waals surface area contributed by atoms with Gasteiger partial charge < -0.3 is 20.5 Å². The number of hydrogen-bond acceptors (Lipinski definition) is 4. The highest BCUT2D eigenvalue weighted by Gasteiger charge is 2.42. The first-order valence-electron chi connectivity index (χ1n) is 12.1. The average molecular weight is 465 g/mol. The fraction of sp³-hybridized carbons (Fsp3) is 0.444. The highest BCUT2D eigenvalue weighted by atomic mass is 16.5. The molecule has 1 atom stereocenters. The molecule has 0 aliphatic heterocycles. The van der Waals surface area contributed by atoms with Gasteiger partial charge in [-0.25, -0.2) is 9.59 Å². The molecule has 0 saturated heterocycles. The fourth-order valence-electron chi connectivity index (χ4n) is 5.19. The average Bonchev–Trinajstić information content (AvgIpc) is 3.44. The van der Waals surface area contributed by atoms with Crippen molar-refractivity contribution in [2.75, 3.05) is 13.2 Å². The van der Waals surface area contributed by atoms with Crippen LogP contribution in [0.15, 0.2) is 48.5 Å². The summed E-state index contributed by atoms with van der Waals surface area (Å²) in [5.41, 5.74) is 3.50. The minimum atomic E-state index is -1.14. The van der Waals surface area contributed by atoms with Gasteiger partial charge in [-0.05, 0) is 41.0 Å². The Morgan fingerprint density at radius 1 is 1.03 bits per heavy atom. The summed E-state index contributed by atoms with van der Waals surface area (Å²) in [6, 6.07) is 16.3. The number of amides is 2. The largest absolute Gasteiger partial charge is 0.480 e. The van der Waals surface area contributed by atoms with E-state index >= 15 is 0 Å². The van der Waals surface area contributed by atoms with Crippen LogP contribution in [0.3, 0.4) is 0 Å². The predicted octanol–water partition coefficient (Wildman–Crippen LogP) is 4.46. The second kappa shape index (κ2) is 10.3. The van der Waals surface area contributed by atoms with E-state index in [1.807, 2.05) is 31.2 Å². The SMILES string of the molecule is CCC(CNC(=O)OCC1c2ccccc2-c2ccccc21)CC(=O)NC1(C(=O)O)CCCC1. The molecule has 0 heterocycles. The summed E-state index contributed by atoms with van der Waals surface area (Å²) in [6.45, 7) is 2.47. The van der Waals surface area contributed by atoms with Gasteiger partial charge in [0.1, 0.15) is 12.1 Å². The minimum absolute atomic E-state index is 0.00970. The maximum Gasteiger partial charge on any atom is 0.407 e. The summed E-state index contributed by atoms with van der Waals surface area (Å²) in [7, 11) is 0. The molecule has 2 amide bonds. The van der Waals surface area contributed by atoms with Crippen LogP contribution >= 0.6 is 0 Å². The first-order valence-corrected chi connectivity index (χ1v) is 12.1. The lowest BCUT2D eigenvalue weighted by molar-refractivity contribution is -0.147. The first-order chi connectivity index (χ1) is 16.4. The first kappa shape index (κ1) is 23.8. The lowest BCUT2D eigenvalue weighted by atomic mass is 9.96. The van der Waals surface area contributed by atoms with E-state index < -0.39 is 17.6 Å². The third kappa shape index (κ3) is 4.93. The Morgan fingerprint density at radius 2 is 1.62 bits per heavy atom. The number of nitrogens with one attached hydrogen (secondary N) is 2. The van der Waals surface area contributed by atoms with E-state index in [4.69, 9.17) is 4.74 Å². The number of carboxylic acids is 1. The van der Waals surface area contributed by atoms with Crippen molar-refractivity contribution in [3.05, 3.63) is 59.7 Å². The van der Waals surface area contributed by atoms with Gasteiger partial charge in [0.05, 0.1) is 0 Å². The molecule has 180 valence electrons. The van der Waals surface area contributed by atoms with Crippen molar-refractivity contribution in [3.8, 4) is 11.1 Å². The van der Waals surface area contributed by atoms with Crippen LogP contribution in [0.5, 0.6) is 0 Å². The minimum Gasteiger partial charge on any atom is -0.480 e. The topological polar surface area (TPSA) is 105 Å². The molecule has 2 aromatic rings. The van der Waals surface area contributed by atoms with E-state index in [2.05, 4.69) is 34.9 Å². The Kier molecular flexibility index (Phi) is 7.20. The van der Waals surface area contributed by atoms with Gasteiger partial charge in [-0.2, -0.15) is 0 Å². The number of alkyl carbamates (subject to hydrolysis) is 1. The molecule has 0 bridgehead atoms. The number of aliphatic carboxylic acids is 1. The van der Waals surface area contributed by atoms with Crippen LogP contribution < -0.4 is 10.6 Å². The van der Waals surface area contributed by atoms with Gasteiger partial charge in [0, 0.05) is 18.9 Å². The summed E-state index contributed by atoms with van der Waals surface area (Å²) in [4.78, 5) is 36.7. The van der Waals surface area contributed by atoms with Gasteiger partial charge in [0.2, 0.25) is 5.91 Å². The summed E-state index contributed by atoms with van der Waals surface area (Å²) in [5, 5.41) is 15.1. The molecular weight excluding hydrogens is 432 g/mol. The molecule has 4 rings (SSSR count). The quantitative estimate of drug-likeness (QED) is 0.508. The van der Waals surface area contributed by atoms with Crippen LogP contribution in [-0.4, -0.2) is 41.8 Å². The number of hydrogen-bond donors (Lipinski definition) is 3. The second-order valence-corrected chi connectivity index (χ2v) is 9.33. The molecule has 1 unspecified atom stereocenters. The Labute approximate surface area is 199 Å². The van der Waals surface area contributed by atoms with Crippen molar-refractivity contribution in [2.24, 2.45) is 5.92 Å². The van der Waals surface area contributed by atoms with E-state index in [0.717, 1.165) is 24.0 Å². The Hall–Kier alpha value is -3.35. The lowest BCUT2D eigenvalue weighted by Crippen LogP contribution is -2.53. The molecule has 0 aromatic heterocycles. The molecule has 2 aliphatic carbocycles. The van der Waals surface area contributed by atoms with Gasteiger partial charge >= 0.3 is 12.1 Å². The third-order valence-electron chi connectivity index (χ3n) is 7.18. The van der Waals surface area contributed by atoms with Gasteiger partial charge in [-0.15, -0.1) is 0 Å². The van der Waals surface area contributed by atoms with Gasteiger partial charge in [0.15, 0.2) is 0 Å². The van der Waals surface area contributed by atoms with Gasteiger partial charge in [0.25, 0.3) is 0 Å². The Bertz CT molecular complexity index is 1010. The number of fused-ring (bicyclic) bond motifs is 3. The lowest BCUT2D eigenvalue weighted by Gasteiger charge is -2.26. The van der Waals surface area contributed by atoms with Gasteiger partial charge in [-0.3, -0.25) is 4.79 Å². The number of benzene rings is 2. The van der Waals surface area contributed by atoms with E-state index in [1.54, 1.807) is 0 Å². The smallest absolute Gasteiger partial charge is 0.407 e. The van der Waals surface area contributed by atoms with Crippen LogP contribution in [0.2, 0.25) is 0 Å². The van der Waals surface area contributed by atoms with Gasteiger partial charge in [-0.1, -0.05) is 74.7 Å². The van der Waals surface area contributed by atoms with E-state index in [9.17, 15) is 19.5 Å². The van der Waals surface area contributed by atoms with Crippen LogP contribution in [0.25, 0.3) is 11.1 Å². The number of ether oxygens (including phenoxy) is 1. The molecule has 2 aromatic carbocycles. The molecule has 2 aliphatic rings. The number of carbonyl (C=O) groups excluding carboxylic acids is 2. The van der Waals surface area contributed by atoms with Crippen molar-refractivity contribution in [1.82, 2.24) is 10.6 Å². The Balaban J connectivity index is 1.28. The normalized spacial score (nSPS) is 16.9. The van der Waals surface area contributed by atoms with E-state index in [1.165, 1.54) is 11.1 Å². The van der Waals surface area contributed by atoms with E-state index in [-0.39, 0.29) is 30.8 Å². The molecule has 34 heavy (non-hydrogen) atoms. The summed E-state index contributed by atoms with van der Waals surface area (Å²) in [5.74, 6) is -1.37. The summed E-state index contributed by atoms with van der Waals surface area (Å²) >= 11 is 0. The molecule has 7 nitrogen and oxygen atoms in total. The van der Waals surface area contributed by atoms with Crippen molar-refractivity contribution >= 4 is 18.0 Å². The monoisotopic (exact) mass is 464 g/mol. The molecule has 1 fully saturated rings. The van der Waals surface area contributed by atoms with Crippen LogP contribution in [0.1, 0.15) is 62.5 Å². The molecule has 3 N–H and O–H groups in total. The fourth-order valence-corrected chi connectivity index (χ4v) is 5.19. The number of carbonyl (C=O) groups is 3. The van der Waals surface area contributed by atoms with Crippen molar-refractivity contribution in [2.45, 2.75) is 56.9 Å². The van der Waals surface area contributed by atoms with E-state index in [0.29, 0.717) is 25.8 Å². The van der Waals surface area contributed by atoms with Crippen molar-refractivity contribution in [1.29, 1.82) is 0 Å². The highest BCUT2D eigenvalue weighted by Crippen LogP contribution is 2.44. The molecule has 7 heteroatoms. The zero-order valence-electron chi connectivity index (χ0n) is 19.5. The highest BCUT2D eigenvalue weighted by molar-refractivity contribution is 5.87. The van der Waals surface area contributed by atoms with Crippen LogP contribution in [0, 0.1) is 5.92 Å². The molecule has 1 saturated carbocycles. The van der Waals surface area contributed by atoms with Crippen molar-refractivity contribution < 1.29 is 24.2 Å². The number of carboxylic acid groups (broad SMARTS) is 1. The third-order valence-corrected chi connectivity index (χ3v) is 7.18. The summed E-state index contributed by atoms with van der Waals surface area (Å²) in [6.07, 6.45) is 2.84. The predicted molar refractivity (Wildman–Crippen MR) is 128 cm³/mol. The standard InChI is InChI=1S/C27H32N2O5/c1-2-18(15-24(30)29-27(25(31)32)13-7-8-14-27)16-28-26(33)34-17-23-21-11-5-3-9-19(21)20-10-4-6-12-22(20)23/h3-6,9-12,18,23H,2,7-8,13-17H2,1H3,(H,28,33)(H,29,30)(H,31,32). The zero-order chi connectivity index (χ0) is 24.1. The van der Waals surface area contributed by atoms with Crippen LogP contribution in [-0.2, 0) is 14.3 Å². The molecule has 0 spiro atoms. The number of rotatable bonds is 9. The maximum atomic E-state index is 12.5. The van der Waals surface area contributed by atoms with Crippen molar-refractivity contribution in [3.63, 3.8) is 0 Å². The second-order valence-electron chi connectivity index (χ2n) is 9.33. The molecular formula is C27H32N2O5. The molecule has 0 radical (unpaired) electrons.